The highest BCUT2D eigenvalue weighted by atomic mass is 79.9. The first-order valence-electron chi connectivity index (χ1n) is 7.04. The maximum absolute atomic E-state index is 13.4. The van der Waals surface area contributed by atoms with E-state index in [1.807, 2.05) is 0 Å². The molecule has 0 spiro atoms. The molecule has 0 aliphatic heterocycles. The van der Waals surface area contributed by atoms with Crippen LogP contribution in [-0.4, -0.2) is 20.9 Å². The van der Waals surface area contributed by atoms with Crippen molar-refractivity contribution in [3.8, 4) is 5.69 Å². The normalized spacial score (nSPS) is 12.5. The van der Waals surface area contributed by atoms with Crippen molar-refractivity contribution in [2.75, 3.05) is 0 Å². The first-order valence-corrected chi connectivity index (χ1v) is 7.84. The van der Waals surface area contributed by atoms with Gasteiger partial charge in [-0.1, -0.05) is 15.9 Å². The molecule has 0 aliphatic carbocycles. The van der Waals surface area contributed by atoms with Gasteiger partial charge in [-0.05, 0) is 18.2 Å². The Balaban J connectivity index is 2.51. The van der Waals surface area contributed by atoms with E-state index in [9.17, 15) is 35.9 Å². The molecule has 2 heterocycles. The summed E-state index contributed by atoms with van der Waals surface area (Å²) in [5.74, 6) is -2.01. The summed E-state index contributed by atoms with van der Waals surface area (Å²) in [6, 6.07) is 2.59. The number of furan rings is 1. The summed E-state index contributed by atoms with van der Waals surface area (Å²) in [4.78, 5) is 23.4. The smallest absolute Gasteiger partial charge is 0.420 e. The van der Waals surface area contributed by atoms with Gasteiger partial charge in [-0.25, -0.2) is 4.79 Å². The van der Waals surface area contributed by atoms with E-state index in [-0.39, 0.29) is 15.4 Å². The largest absolute Gasteiger partial charge is 0.476 e. The number of rotatable bonds is 2. The molecule has 3 rings (SSSR count). The van der Waals surface area contributed by atoms with Gasteiger partial charge in [-0.3, -0.25) is 4.79 Å². The molecule has 0 bridgehead atoms. The molecular formula is C15H5BrF6N2O4. The fraction of sp³-hybridized carbons (Fsp3) is 0.133. The molecular weight excluding hydrogens is 466 g/mol. The zero-order valence-electron chi connectivity index (χ0n) is 13.0. The lowest BCUT2D eigenvalue weighted by atomic mass is 10.1. The first-order chi connectivity index (χ1) is 12.8. The number of hydrogen-bond donors (Lipinski definition) is 1. The Hall–Kier alpha value is -2.83. The second-order valence-electron chi connectivity index (χ2n) is 5.38. The maximum atomic E-state index is 13.4. The van der Waals surface area contributed by atoms with Crippen LogP contribution in [0.15, 0.2) is 38.1 Å². The average Bonchev–Trinajstić information content (AvgIpc) is 3.00. The van der Waals surface area contributed by atoms with Crippen molar-refractivity contribution in [1.29, 1.82) is 0 Å². The van der Waals surface area contributed by atoms with Crippen LogP contribution in [0, 0.1) is 0 Å². The number of alkyl halides is 6. The van der Waals surface area contributed by atoms with E-state index in [0.717, 1.165) is 12.1 Å². The fourth-order valence-electron chi connectivity index (χ4n) is 2.46. The number of aromatic nitrogens is 2. The van der Waals surface area contributed by atoms with E-state index in [0.29, 0.717) is 6.07 Å². The minimum Gasteiger partial charge on any atom is -0.476 e. The van der Waals surface area contributed by atoms with Crippen LogP contribution in [0.5, 0.6) is 0 Å². The number of fused-ring (bicyclic) bond motifs is 1. The van der Waals surface area contributed by atoms with Gasteiger partial charge in [0.15, 0.2) is 0 Å². The highest BCUT2D eigenvalue weighted by Gasteiger charge is 2.39. The molecule has 6 nitrogen and oxygen atoms in total. The highest BCUT2D eigenvalue weighted by molar-refractivity contribution is 9.10. The Morgan fingerprint density at radius 1 is 1.11 bits per heavy atom. The van der Waals surface area contributed by atoms with Crippen LogP contribution >= 0.6 is 15.9 Å². The minimum absolute atomic E-state index is 0.00486. The van der Waals surface area contributed by atoms with E-state index in [2.05, 4.69) is 25.4 Å². The molecule has 28 heavy (non-hydrogen) atoms. The van der Waals surface area contributed by atoms with Crippen LogP contribution in [0.3, 0.4) is 0 Å². The topological polar surface area (TPSA) is 85.3 Å². The highest BCUT2D eigenvalue weighted by Crippen LogP contribution is 2.38. The summed E-state index contributed by atoms with van der Waals surface area (Å²) < 4.78 is 84.6. The van der Waals surface area contributed by atoms with Gasteiger partial charge in [0.25, 0.3) is 0 Å². The van der Waals surface area contributed by atoms with E-state index >= 15 is 0 Å². The van der Waals surface area contributed by atoms with Crippen molar-refractivity contribution < 1.29 is 40.7 Å². The van der Waals surface area contributed by atoms with Crippen molar-refractivity contribution >= 4 is 33.0 Å². The molecule has 3 aromatic rings. The summed E-state index contributed by atoms with van der Waals surface area (Å²) in [6.07, 6.45) is -9.98. The van der Waals surface area contributed by atoms with Crippen molar-refractivity contribution in [2.45, 2.75) is 12.4 Å². The minimum atomic E-state index is -5.12. The second-order valence-corrected chi connectivity index (χ2v) is 6.30. The predicted octanol–water partition coefficient (Wildman–Crippen LogP) is 4.48. The van der Waals surface area contributed by atoms with Gasteiger partial charge in [0.1, 0.15) is 17.2 Å². The number of hydrogen-bond acceptors (Lipinski definition) is 4. The molecule has 0 atom stereocenters. The molecule has 0 amide bonds. The standard InChI is InChI=1S/C15H5BrF6N2O4/c16-5-1-2-8(6(3-5)14(17,18)19)24-12-9(7(4-28-12)15(20,21)22)11(25)10(23-24)13(26)27/h1-4H,(H,26,27). The van der Waals surface area contributed by atoms with Crippen LogP contribution in [0.4, 0.5) is 26.3 Å². The molecule has 0 fully saturated rings. The molecule has 0 unspecified atom stereocenters. The average molecular weight is 471 g/mol. The predicted molar refractivity (Wildman–Crippen MR) is 84.3 cm³/mol. The molecule has 1 N–H and O–H groups in total. The lowest BCUT2D eigenvalue weighted by molar-refractivity contribution is -0.138. The van der Waals surface area contributed by atoms with Crippen LogP contribution in [0.25, 0.3) is 16.8 Å². The van der Waals surface area contributed by atoms with Crippen LogP contribution in [-0.2, 0) is 12.4 Å². The number of carboxylic acid groups (broad SMARTS) is 1. The summed E-state index contributed by atoms with van der Waals surface area (Å²) >= 11 is 2.84. The summed E-state index contributed by atoms with van der Waals surface area (Å²) in [5.41, 5.74) is -7.81. The van der Waals surface area contributed by atoms with Gasteiger partial charge in [0, 0.05) is 4.47 Å². The SMILES string of the molecule is O=C(O)c1nn(-c2ccc(Br)cc2C(F)(F)F)c2occ(C(F)(F)F)c2c1=O. The quantitative estimate of drug-likeness (QED) is 0.558. The molecule has 13 heteroatoms. The number of benzene rings is 1. The summed E-state index contributed by atoms with van der Waals surface area (Å²) in [7, 11) is 0. The second kappa shape index (κ2) is 6.36. The van der Waals surface area contributed by atoms with Crippen molar-refractivity contribution in [3.63, 3.8) is 0 Å². The molecule has 0 aliphatic rings. The van der Waals surface area contributed by atoms with Gasteiger partial charge in [0.2, 0.25) is 16.8 Å². The summed E-state index contributed by atoms with van der Waals surface area (Å²) in [5, 5.41) is 11.1. The fourth-order valence-corrected chi connectivity index (χ4v) is 2.83. The van der Waals surface area contributed by atoms with Crippen LogP contribution < -0.4 is 5.43 Å². The molecule has 0 saturated heterocycles. The van der Waals surface area contributed by atoms with Crippen LogP contribution in [0.1, 0.15) is 21.6 Å². The molecule has 0 saturated carbocycles. The Labute approximate surface area is 158 Å². The van der Waals surface area contributed by atoms with E-state index in [1.54, 1.807) is 0 Å². The van der Waals surface area contributed by atoms with Gasteiger partial charge in [0.05, 0.1) is 11.3 Å². The number of carbonyl (C=O) groups is 1. The van der Waals surface area contributed by atoms with Crippen molar-refractivity contribution in [3.05, 3.63) is 56.0 Å². The Morgan fingerprint density at radius 2 is 1.71 bits per heavy atom. The Kier molecular flexibility index (Phi) is 4.52. The maximum Gasteiger partial charge on any atom is 0.420 e. The zero-order valence-corrected chi connectivity index (χ0v) is 14.6. The molecule has 1 aromatic carbocycles. The van der Waals surface area contributed by atoms with E-state index in [4.69, 9.17) is 5.11 Å². The zero-order chi connectivity index (χ0) is 21.0. The van der Waals surface area contributed by atoms with Crippen molar-refractivity contribution in [1.82, 2.24) is 9.78 Å². The van der Waals surface area contributed by atoms with E-state index in [1.165, 1.54) is 0 Å². The number of halogens is 7. The summed E-state index contributed by atoms with van der Waals surface area (Å²) in [6.45, 7) is 0. The van der Waals surface area contributed by atoms with Gasteiger partial charge in [-0.2, -0.15) is 36.1 Å². The Morgan fingerprint density at radius 3 is 2.25 bits per heavy atom. The third-order valence-corrected chi connectivity index (χ3v) is 4.10. The molecule has 2 aromatic heterocycles. The van der Waals surface area contributed by atoms with E-state index < -0.39 is 57.4 Å². The van der Waals surface area contributed by atoms with Gasteiger partial charge < -0.3 is 9.52 Å². The number of nitrogens with zero attached hydrogens (tertiary/aromatic N) is 2. The number of aromatic carboxylic acids is 1. The molecule has 0 radical (unpaired) electrons. The first kappa shape index (κ1) is 19.9. The van der Waals surface area contributed by atoms with Crippen LogP contribution in [0.2, 0.25) is 0 Å². The third-order valence-electron chi connectivity index (χ3n) is 3.61. The lowest BCUT2D eigenvalue weighted by Gasteiger charge is -2.15. The van der Waals surface area contributed by atoms with Gasteiger partial charge in [-0.15, -0.1) is 0 Å². The monoisotopic (exact) mass is 470 g/mol. The third kappa shape index (κ3) is 3.25. The number of carboxylic acids is 1. The lowest BCUT2D eigenvalue weighted by Crippen LogP contribution is -2.24. The Bertz CT molecular complexity index is 1160. The molecule has 148 valence electrons. The van der Waals surface area contributed by atoms with Gasteiger partial charge >= 0.3 is 18.3 Å². The van der Waals surface area contributed by atoms with Crippen molar-refractivity contribution in [2.24, 2.45) is 0 Å².